The largest absolute Gasteiger partial charge is 0.466 e. The maximum Gasteiger partial charge on any atom is 0.306 e. The fraction of sp³-hybridized carbons (Fsp3) is 0.571. The molecule has 0 heterocycles. The molecule has 0 aromatic heterocycles. The van der Waals surface area contributed by atoms with Crippen LogP contribution in [0.5, 0.6) is 0 Å². The standard InChI is InChI=1S/C21H30O3/c1-3-5-6-7-8-9-10-17-23-18-20-13-11-19(12-14-20)15-16-21(22)24-4-2/h11-14H,3-8,15-18H2,1-2H3. The summed E-state index contributed by atoms with van der Waals surface area (Å²) in [5.41, 5.74) is 2.26. The first-order chi connectivity index (χ1) is 11.8. The summed E-state index contributed by atoms with van der Waals surface area (Å²) < 4.78 is 10.5. The summed E-state index contributed by atoms with van der Waals surface area (Å²) in [7, 11) is 0. The molecule has 0 aliphatic rings. The third-order valence-corrected chi connectivity index (χ3v) is 3.67. The summed E-state index contributed by atoms with van der Waals surface area (Å²) in [4.78, 5) is 11.3. The minimum absolute atomic E-state index is 0.141. The lowest BCUT2D eigenvalue weighted by Gasteiger charge is -2.04. The van der Waals surface area contributed by atoms with Gasteiger partial charge in [0.05, 0.1) is 13.2 Å². The van der Waals surface area contributed by atoms with Gasteiger partial charge in [-0.05, 0) is 30.9 Å². The van der Waals surface area contributed by atoms with E-state index in [0.29, 0.717) is 32.7 Å². The molecule has 3 heteroatoms. The highest BCUT2D eigenvalue weighted by molar-refractivity contribution is 5.69. The van der Waals surface area contributed by atoms with Crippen LogP contribution in [0.3, 0.4) is 0 Å². The first-order valence-corrected chi connectivity index (χ1v) is 9.03. The van der Waals surface area contributed by atoms with Crippen molar-refractivity contribution in [1.29, 1.82) is 0 Å². The quantitative estimate of drug-likeness (QED) is 0.336. The highest BCUT2D eigenvalue weighted by Gasteiger charge is 2.02. The molecule has 0 amide bonds. The van der Waals surface area contributed by atoms with Gasteiger partial charge in [-0.25, -0.2) is 0 Å². The molecule has 0 saturated heterocycles. The third-order valence-electron chi connectivity index (χ3n) is 3.67. The number of unbranched alkanes of at least 4 members (excludes halogenated alkanes) is 4. The van der Waals surface area contributed by atoms with Gasteiger partial charge in [0.25, 0.3) is 0 Å². The minimum atomic E-state index is -0.141. The molecule has 0 spiro atoms. The van der Waals surface area contributed by atoms with Gasteiger partial charge in [-0.1, -0.05) is 56.4 Å². The van der Waals surface area contributed by atoms with E-state index in [1.165, 1.54) is 25.7 Å². The number of carbonyl (C=O) groups excluding carboxylic acids is 1. The zero-order chi connectivity index (χ0) is 17.5. The fourth-order valence-electron chi connectivity index (χ4n) is 2.28. The van der Waals surface area contributed by atoms with Crippen molar-refractivity contribution in [3.8, 4) is 11.8 Å². The van der Waals surface area contributed by atoms with Gasteiger partial charge in [-0.2, -0.15) is 0 Å². The Morgan fingerprint density at radius 2 is 1.75 bits per heavy atom. The fourth-order valence-corrected chi connectivity index (χ4v) is 2.28. The SMILES string of the molecule is CCCCCCC#CCOCc1ccc(CCC(=O)OCC)cc1. The molecule has 0 aliphatic carbocycles. The van der Waals surface area contributed by atoms with Crippen molar-refractivity contribution in [2.24, 2.45) is 0 Å². The number of rotatable bonds is 11. The number of ether oxygens (including phenoxy) is 2. The van der Waals surface area contributed by atoms with E-state index in [9.17, 15) is 4.79 Å². The average Bonchev–Trinajstić information content (AvgIpc) is 2.60. The minimum Gasteiger partial charge on any atom is -0.466 e. The van der Waals surface area contributed by atoms with Gasteiger partial charge in [0.2, 0.25) is 0 Å². The summed E-state index contributed by atoms with van der Waals surface area (Å²) in [5.74, 6) is 6.08. The maximum absolute atomic E-state index is 11.3. The van der Waals surface area contributed by atoms with E-state index in [0.717, 1.165) is 17.5 Å². The Hall–Kier alpha value is -1.79. The average molecular weight is 330 g/mol. The summed E-state index contributed by atoms with van der Waals surface area (Å²) in [6, 6.07) is 8.16. The Balaban J connectivity index is 2.16. The zero-order valence-corrected chi connectivity index (χ0v) is 15.1. The monoisotopic (exact) mass is 330 g/mol. The summed E-state index contributed by atoms with van der Waals surface area (Å²) in [6.45, 7) is 5.54. The van der Waals surface area contributed by atoms with Crippen molar-refractivity contribution in [2.75, 3.05) is 13.2 Å². The topological polar surface area (TPSA) is 35.5 Å². The zero-order valence-electron chi connectivity index (χ0n) is 15.1. The molecule has 24 heavy (non-hydrogen) atoms. The van der Waals surface area contributed by atoms with Crippen LogP contribution in [0.4, 0.5) is 0 Å². The van der Waals surface area contributed by atoms with Crippen LogP contribution in [0.25, 0.3) is 0 Å². The van der Waals surface area contributed by atoms with Crippen LogP contribution in [-0.2, 0) is 27.3 Å². The van der Waals surface area contributed by atoms with E-state index < -0.39 is 0 Å². The molecule has 0 saturated carbocycles. The second kappa shape index (κ2) is 13.6. The first-order valence-electron chi connectivity index (χ1n) is 9.03. The molecule has 0 fully saturated rings. The highest BCUT2D eigenvalue weighted by Crippen LogP contribution is 2.08. The van der Waals surface area contributed by atoms with Crippen LogP contribution < -0.4 is 0 Å². The van der Waals surface area contributed by atoms with Gasteiger partial charge in [0.1, 0.15) is 6.61 Å². The summed E-state index contributed by atoms with van der Waals surface area (Å²) >= 11 is 0. The van der Waals surface area contributed by atoms with E-state index in [1.807, 2.05) is 31.2 Å². The van der Waals surface area contributed by atoms with Gasteiger partial charge in [0, 0.05) is 12.8 Å². The van der Waals surface area contributed by atoms with Gasteiger partial charge in [-0.3, -0.25) is 4.79 Å². The molecule has 3 nitrogen and oxygen atoms in total. The van der Waals surface area contributed by atoms with Crippen LogP contribution >= 0.6 is 0 Å². The van der Waals surface area contributed by atoms with Crippen molar-refractivity contribution in [1.82, 2.24) is 0 Å². The van der Waals surface area contributed by atoms with Crippen molar-refractivity contribution < 1.29 is 14.3 Å². The second-order valence-electron chi connectivity index (χ2n) is 5.78. The first kappa shape index (κ1) is 20.3. The normalized spacial score (nSPS) is 10.1. The molecule has 0 radical (unpaired) electrons. The molecule has 1 aromatic rings. The van der Waals surface area contributed by atoms with Crippen molar-refractivity contribution in [3.63, 3.8) is 0 Å². The Kier molecular flexibility index (Phi) is 11.5. The molecule has 0 aliphatic heterocycles. The Morgan fingerprint density at radius 1 is 1.00 bits per heavy atom. The summed E-state index contributed by atoms with van der Waals surface area (Å²) in [5, 5.41) is 0. The number of hydrogen-bond donors (Lipinski definition) is 0. The van der Waals surface area contributed by atoms with Crippen molar-refractivity contribution in [3.05, 3.63) is 35.4 Å². The third kappa shape index (κ3) is 10.1. The lowest BCUT2D eigenvalue weighted by Crippen LogP contribution is -2.05. The lowest BCUT2D eigenvalue weighted by molar-refractivity contribution is -0.143. The van der Waals surface area contributed by atoms with Gasteiger partial charge in [-0.15, -0.1) is 5.92 Å². The number of hydrogen-bond acceptors (Lipinski definition) is 3. The van der Waals surface area contributed by atoms with Crippen LogP contribution in [0.1, 0.15) is 63.5 Å². The van der Waals surface area contributed by atoms with Crippen LogP contribution in [-0.4, -0.2) is 19.2 Å². The molecule has 0 bridgehead atoms. The van der Waals surface area contributed by atoms with E-state index in [1.54, 1.807) is 0 Å². The Labute approximate surface area is 146 Å². The van der Waals surface area contributed by atoms with Gasteiger partial charge >= 0.3 is 5.97 Å². The predicted octanol–water partition coefficient (Wildman–Crippen LogP) is 4.67. The Bertz CT molecular complexity index is 508. The lowest BCUT2D eigenvalue weighted by atomic mass is 10.1. The molecule has 0 atom stereocenters. The number of esters is 1. The van der Waals surface area contributed by atoms with Crippen molar-refractivity contribution >= 4 is 5.97 Å². The van der Waals surface area contributed by atoms with Crippen LogP contribution in [0.2, 0.25) is 0 Å². The smallest absolute Gasteiger partial charge is 0.306 e. The number of aryl methyl sites for hydroxylation is 1. The molecule has 132 valence electrons. The summed E-state index contributed by atoms with van der Waals surface area (Å²) in [6.07, 6.45) is 7.13. The Morgan fingerprint density at radius 3 is 2.46 bits per heavy atom. The molecule has 0 unspecified atom stereocenters. The van der Waals surface area contributed by atoms with E-state index in [4.69, 9.17) is 9.47 Å². The molecule has 1 aromatic carbocycles. The van der Waals surface area contributed by atoms with Crippen LogP contribution in [0, 0.1) is 11.8 Å². The van der Waals surface area contributed by atoms with Gasteiger partial charge < -0.3 is 9.47 Å². The molecule has 1 rings (SSSR count). The van der Waals surface area contributed by atoms with Crippen molar-refractivity contribution in [2.45, 2.75) is 65.4 Å². The number of benzene rings is 1. The molecule has 0 N–H and O–H groups in total. The van der Waals surface area contributed by atoms with E-state index in [-0.39, 0.29) is 5.97 Å². The van der Waals surface area contributed by atoms with E-state index >= 15 is 0 Å². The molecular formula is C21H30O3. The van der Waals surface area contributed by atoms with Gasteiger partial charge in [0.15, 0.2) is 0 Å². The maximum atomic E-state index is 11.3. The second-order valence-corrected chi connectivity index (χ2v) is 5.78. The molecular weight excluding hydrogens is 300 g/mol. The predicted molar refractivity (Wildman–Crippen MR) is 97.6 cm³/mol. The number of carbonyl (C=O) groups is 1. The van der Waals surface area contributed by atoms with Crippen LogP contribution in [0.15, 0.2) is 24.3 Å². The van der Waals surface area contributed by atoms with E-state index in [2.05, 4.69) is 18.8 Å². The highest BCUT2D eigenvalue weighted by atomic mass is 16.5.